The molecule has 2 aliphatic rings. The van der Waals surface area contributed by atoms with E-state index in [4.69, 9.17) is 0 Å². The molecular weight excluding hydrogens is 386 g/mol. The van der Waals surface area contributed by atoms with E-state index < -0.39 is 11.5 Å². The van der Waals surface area contributed by atoms with Crippen LogP contribution in [0.5, 0.6) is 0 Å². The number of fused-ring (bicyclic) bond motifs is 1. The normalized spacial score (nSPS) is 26.1. The highest BCUT2D eigenvalue weighted by Gasteiger charge is 2.43. The van der Waals surface area contributed by atoms with E-state index in [0.29, 0.717) is 18.3 Å². The summed E-state index contributed by atoms with van der Waals surface area (Å²) in [7, 11) is 0. The minimum Gasteiger partial charge on any atom is -0.391 e. The van der Waals surface area contributed by atoms with Crippen LogP contribution in [0.25, 0.3) is 0 Å². The number of carbonyl (C=O) groups excluding carboxylic acids is 1. The van der Waals surface area contributed by atoms with Gasteiger partial charge in [0.05, 0.1) is 18.2 Å². The van der Waals surface area contributed by atoms with Gasteiger partial charge in [-0.3, -0.25) is 4.79 Å². The van der Waals surface area contributed by atoms with Gasteiger partial charge in [-0.05, 0) is 42.2 Å². The fourth-order valence-corrected chi connectivity index (χ4v) is 5.54. The second kappa shape index (κ2) is 9.21. The summed E-state index contributed by atoms with van der Waals surface area (Å²) >= 11 is 0. The zero-order valence-electron chi connectivity index (χ0n) is 18.1. The van der Waals surface area contributed by atoms with Gasteiger partial charge in [-0.15, -0.1) is 0 Å². The van der Waals surface area contributed by atoms with E-state index in [1.165, 1.54) is 6.92 Å². The molecule has 2 fully saturated rings. The van der Waals surface area contributed by atoms with Crippen LogP contribution in [0.2, 0.25) is 0 Å². The average molecular weight is 418 g/mol. The molecule has 2 N–H and O–H groups in total. The molecule has 2 aromatic rings. The van der Waals surface area contributed by atoms with Gasteiger partial charge in [-0.2, -0.15) is 5.26 Å². The van der Waals surface area contributed by atoms with Crippen molar-refractivity contribution < 1.29 is 9.90 Å². The molecule has 1 aliphatic heterocycles. The number of hydrogen-bond donors (Lipinski definition) is 2. The highest BCUT2D eigenvalue weighted by molar-refractivity contribution is 5.73. The largest absolute Gasteiger partial charge is 0.391 e. The van der Waals surface area contributed by atoms with Gasteiger partial charge in [-0.25, -0.2) is 0 Å². The van der Waals surface area contributed by atoms with Crippen molar-refractivity contribution in [2.75, 3.05) is 19.6 Å². The number of rotatable bonds is 6. The molecule has 0 unspecified atom stereocenters. The molecule has 5 heteroatoms. The first-order valence-electron chi connectivity index (χ1n) is 11.2. The molecule has 1 heterocycles. The smallest absolute Gasteiger partial charge is 0.217 e. The molecule has 162 valence electrons. The van der Waals surface area contributed by atoms with Gasteiger partial charge in [0.25, 0.3) is 0 Å². The molecule has 1 saturated heterocycles. The monoisotopic (exact) mass is 417 g/mol. The summed E-state index contributed by atoms with van der Waals surface area (Å²) in [5.41, 5.74) is 1.37. The predicted molar refractivity (Wildman–Crippen MR) is 120 cm³/mol. The summed E-state index contributed by atoms with van der Waals surface area (Å²) in [6.45, 7) is 4.23. The second-order valence-corrected chi connectivity index (χ2v) is 9.12. The number of amides is 1. The summed E-state index contributed by atoms with van der Waals surface area (Å²) in [5.74, 6) is 0.844. The Labute approximate surface area is 184 Å². The summed E-state index contributed by atoms with van der Waals surface area (Å²) in [6.07, 6.45) is 1.79. The third-order valence-electron chi connectivity index (χ3n) is 7.13. The molecule has 0 aromatic heterocycles. The van der Waals surface area contributed by atoms with Crippen molar-refractivity contribution in [3.05, 3.63) is 71.8 Å². The van der Waals surface area contributed by atoms with E-state index in [1.54, 1.807) is 0 Å². The van der Waals surface area contributed by atoms with Crippen LogP contribution in [0, 0.1) is 23.2 Å². The number of aliphatic hydroxyl groups is 1. The summed E-state index contributed by atoms with van der Waals surface area (Å²) in [5, 5.41) is 23.8. The Bertz CT molecular complexity index is 885. The van der Waals surface area contributed by atoms with E-state index in [2.05, 4.69) is 16.3 Å². The number of aliphatic hydroxyl groups excluding tert-OH is 1. The van der Waals surface area contributed by atoms with E-state index in [-0.39, 0.29) is 11.9 Å². The minimum absolute atomic E-state index is 0.0816. The van der Waals surface area contributed by atoms with Crippen LogP contribution in [-0.2, 0) is 10.2 Å². The van der Waals surface area contributed by atoms with Crippen molar-refractivity contribution in [3.63, 3.8) is 0 Å². The van der Waals surface area contributed by atoms with Crippen LogP contribution in [0.15, 0.2) is 60.7 Å². The number of nitrogens with one attached hydrogen (secondary N) is 1. The quantitative estimate of drug-likeness (QED) is 0.757. The molecule has 31 heavy (non-hydrogen) atoms. The van der Waals surface area contributed by atoms with Crippen molar-refractivity contribution in [1.82, 2.24) is 10.2 Å². The SMILES string of the molecule is CC(=O)N[C@@H]1C[C@@H]2CN(CCC(C#N)(c3ccccc3)c3ccccc3)C[C@@H]2C[C@H]1O. The number of carbonyl (C=O) groups is 1. The Balaban J connectivity index is 1.49. The van der Waals surface area contributed by atoms with Crippen LogP contribution in [0.1, 0.15) is 37.3 Å². The summed E-state index contributed by atoms with van der Waals surface area (Å²) in [6, 6.07) is 22.7. The molecule has 5 nitrogen and oxygen atoms in total. The fourth-order valence-electron chi connectivity index (χ4n) is 5.54. The van der Waals surface area contributed by atoms with Gasteiger partial charge in [0.1, 0.15) is 5.41 Å². The zero-order chi connectivity index (χ0) is 21.8. The van der Waals surface area contributed by atoms with Crippen LogP contribution < -0.4 is 5.32 Å². The maximum absolute atomic E-state index is 11.5. The lowest BCUT2D eigenvalue weighted by Gasteiger charge is -2.35. The molecule has 0 radical (unpaired) electrons. The summed E-state index contributed by atoms with van der Waals surface area (Å²) in [4.78, 5) is 13.9. The summed E-state index contributed by atoms with van der Waals surface area (Å²) < 4.78 is 0. The maximum Gasteiger partial charge on any atom is 0.217 e. The maximum atomic E-state index is 11.5. The predicted octanol–water partition coefficient (Wildman–Crippen LogP) is 3.09. The first-order valence-corrected chi connectivity index (χ1v) is 11.2. The van der Waals surface area contributed by atoms with Crippen molar-refractivity contribution >= 4 is 5.91 Å². The van der Waals surface area contributed by atoms with Gasteiger partial charge in [0.2, 0.25) is 5.91 Å². The lowest BCUT2D eigenvalue weighted by molar-refractivity contribution is -0.121. The zero-order valence-corrected chi connectivity index (χ0v) is 18.1. The Morgan fingerprint density at radius 2 is 1.61 bits per heavy atom. The van der Waals surface area contributed by atoms with E-state index >= 15 is 0 Å². The van der Waals surface area contributed by atoms with Crippen molar-refractivity contribution in [2.45, 2.75) is 43.7 Å². The second-order valence-electron chi connectivity index (χ2n) is 9.12. The van der Waals surface area contributed by atoms with Crippen molar-refractivity contribution in [2.24, 2.45) is 11.8 Å². The minimum atomic E-state index is -0.686. The molecule has 0 spiro atoms. The van der Waals surface area contributed by atoms with Crippen LogP contribution in [-0.4, -0.2) is 47.7 Å². The Morgan fingerprint density at radius 3 is 2.13 bits per heavy atom. The third-order valence-corrected chi connectivity index (χ3v) is 7.13. The number of nitrogens with zero attached hydrogens (tertiary/aromatic N) is 2. The van der Waals surface area contributed by atoms with E-state index in [9.17, 15) is 15.2 Å². The Morgan fingerprint density at radius 1 is 1.06 bits per heavy atom. The van der Waals surface area contributed by atoms with Gasteiger partial charge >= 0.3 is 0 Å². The Kier molecular flexibility index (Phi) is 6.41. The van der Waals surface area contributed by atoms with Crippen molar-refractivity contribution in [1.29, 1.82) is 5.26 Å². The lowest BCUT2D eigenvalue weighted by Crippen LogP contribution is -2.48. The molecule has 0 bridgehead atoms. The molecule has 1 amide bonds. The van der Waals surface area contributed by atoms with Crippen LogP contribution in [0.3, 0.4) is 0 Å². The molecule has 4 atom stereocenters. The third kappa shape index (κ3) is 4.51. The average Bonchev–Trinajstić information content (AvgIpc) is 3.17. The first kappa shape index (κ1) is 21.5. The highest BCUT2D eigenvalue weighted by atomic mass is 16.3. The molecular formula is C26H31N3O2. The van der Waals surface area contributed by atoms with Crippen LogP contribution in [0.4, 0.5) is 0 Å². The number of benzene rings is 2. The van der Waals surface area contributed by atoms with Gasteiger partial charge in [0.15, 0.2) is 0 Å². The Hall–Kier alpha value is -2.68. The number of likely N-dealkylation sites (tertiary alicyclic amines) is 1. The lowest BCUT2D eigenvalue weighted by atomic mass is 9.73. The van der Waals surface area contributed by atoms with E-state index in [1.807, 2.05) is 60.7 Å². The number of nitriles is 1. The van der Waals surface area contributed by atoms with Crippen molar-refractivity contribution in [3.8, 4) is 6.07 Å². The topological polar surface area (TPSA) is 76.4 Å². The van der Waals surface area contributed by atoms with Gasteiger partial charge < -0.3 is 15.3 Å². The van der Waals surface area contributed by atoms with Gasteiger partial charge in [-0.1, -0.05) is 60.7 Å². The highest BCUT2D eigenvalue weighted by Crippen LogP contribution is 2.39. The standard InChI is InChI=1S/C26H31N3O2/c1-19(30)28-24-14-20-16-29(17-21(20)15-25(24)31)13-12-26(18-27,22-8-4-2-5-9-22)23-10-6-3-7-11-23/h2-11,20-21,24-25,31H,12-17H2,1H3,(H,28,30)/t20-,21+,24-,25-/m1/s1. The van der Waals surface area contributed by atoms with Gasteiger partial charge in [0, 0.05) is 26.6 Å². The molecule has 1 aliphatic carbocycles. The molecule has 4 rings (SSSR count). The first-order chi connectivity index (χ1) is 15.0. The fraction of sp³-hybridized carbons (Fsp3) is 0.462. The molecule has 2 aromatic carbocycles. The number of hydrogen-bond acceptors (Lipinski definition) is 4. The molecule has 1 saturated carbocycles. The van der Waals surface area contributed by atoms with Crippen LogP contribution >= 0.6 is 0 Å². The van der Waals surface area contributed by atoms with E-state index in [0.717, 1.165) is 43.6 Å².